The minimum atomic E-state index is -2.13. The Kier molecular flexibility index (Phi) is 10.1. The Bertz CT molecular complexity index is 1480. The molecule has 4 rings (SSSR count). The normalized spacial score (nSPS) is 15.9. The van der Waals surface area contributed by atoms with Gasteiger partial charge in [-0.1, -0.05) is 71.9 Å². The number of nitrogens with zero attached hydrogens (tertiary/aromatic N) is 2. The molecule has 0 aliphatic carbocycles. The monoisotopic (exact) mass is 619 g/mol. The van der Waals surface area contributed by atoms with Crippen molar-refractivity contribution in [1.82, 2.24) is 9.47 Å². The van der Waals surface area contributed by atoms with E-state index >= 15 is 0 Å². The van der Waals surface area contributed by atoms with Crippen molar-refractivity contribution >= 4 is 42.8 Å². The van der Waals surface area contributed by atoms with Gasteiger partial charge in [-0.15, -0.1) is 0 Å². The highest BCUT2D eigenvalue weighted by Gasteiger charge is 2.45. The number of carbonyl (C=O) groups excluding carboxylic acids is 3. The van der Waals surface area contributed by atoms with E-state index in [-0.39, 0.29) is 11.8 Å². The van der Waals surface area contributed by atoms with E-state index in [0.29, 0.717) is 53.9 Å². The molecule has 1 aromatic heterocycles. The van der Waals surface area contributed by atoms with E-state index < -0.39 is 26.1 Å². The predicted octanol–water partition coefficient (Wildman–Crippen LogP) is 8.36. The van der Waals surface area contributed by atoms with E-state index in [0.717, 1.165) is 16.5 Å². The van der Waals surface area contributed by atoms with E-state index in [2.05, 4.69) is 46.9 Å². The maximum absolute atomic E-state index is 14.1. The number of nitrogens with one attached hydrogen (secondary N) is 1. The molecule has 2 aromatic carbocycles. The number of aromatic nitrogens is 1. The van der Waals surface area contributed by atoms with Crippen molar-refractivity contribution < 1.29 is 23.5 Å². The van der Waals surface area contributed by atoms with Crippen LogP contribution in [0.25, 0.3) is 10.9 Å². The average molecular weight is 620 g/mol. The van der Waals surface area contributed by atoms with Crippen molar-refractivity contribution in [2.24, 2.45) is 0 Å². The summed E-state index contributed by atoms with van der Waals surface area (Å²) in [5.74, 6) is -0.587. The molecule has 1 saturated heterocycles. The van der Waals surface area contributed by atoms with Gasteiger partial charge in [0.25, 0.3) is 5.91 Å². The molecular weight excluding hydrogens is 570 g/mol. The molecule has 0 radical (unpaired) electrons. The first-order valence-corrected chi connectivity index (χ1v) is 18.0. The Labute approximate surface area is 263 Å². The van der Waals surface area contributed by atoms with Gasteiger partial charge in [0.15, 0.2) is 0 Å². The third-order valence-corrected chi connectivity index (χ3v) is 14.9. The molecule has 1 atom stereocenters. The van der Waals surface area contributed by atoms with Gasteiger partial charge in [0.1, 0.15) is 11.6 Å². The zero-order valence-electron chi connectivity index (χ0n) is 27.8. The lowest BCUT2D eigenvalue weighted by Crippen LogP contribution is -2.47. The zero-order valence-corrected chi connectivity index (χ0v) is 28.8. The van der Waals surface area contributed by atoms with Crippen LogP contribution in [0.4, 0.5) is 10.5 Å². The molecule has 1 aliphatic rings. The number of para-hydroxylation sites is 2. The second-order valence-electron chi connectivity index (χ2n) is 13.8. The lowest BCUT2D eigenvalue weighted by molar-refractivity contribution is -0.120. The van der Waals surface area contributed by atoms with Crippen LogP contribution in [0.5, 0.6) is 0 Å². The van der Waals surface area contributed by atoms with Crippen LogP contribution in [0.15, 0.2) is 54.7 Å². The Hall–Kier alpha value is -3.43. The van der Waals surface area contributed by atoms with Crippen molar-refractivity contribution in [3.05, 3.63) is 65.9 Å². The number of anilines is 1. The molecule has 0 bridgehead atoms. The molecular formula is C35H49N3O5Si. The molecule has 238 valence electrons. The van der Waals surface area contributed by atoms with E-state index in [1.165, 1.54) is 4.90 Å². The average Bonchev–Trinajstić information content (AvgIpc) is 3.58. The molecule has 44 heavy (non-hydrogen) atoms. The summed E-state index contributed by atoms with van der Waals surface area (Å²) >= 11 is 0. The summed E-state index contributed by atoms with van der Waals surface area (Å²) in [4.78, 5) is 41.9. The van der Waals surface area contributed by atoms with Crippen molar-refractivity contribution in [2.45, 2.75) is 110 Å². The van der Waals surface area contributed by atoms with Crippen LogP contribution in [0.1, 0.15) is 91.1 Å². The second kappa shape index (κ2) is 13.3. The van der Waals surface area contributed by atoms with Gasteiger partial charge in [0.05, 0.1) is 23.4 Å². The zero-order chi connectivity index (χ0) is 32.4. The summed E-state index contributed by atoms with van der Waals surface area (Å²) in [6, 6.07) is 14.2. The van der Waals surface area contributed by atoms with Gasteiger partial charge in [0, 0.05) is 23.7 Å². The first-order valence-electron chi connectivity index (χ1n) is 15.8. The smallest absolute Gasteiger partial charge is 0.410 e. The lowest BCUT2D eigenvalue weighted by atomic mass is 10.1. The SMILES string of the molecule is CC(C)[Si](OCc1cn(C(=O)c2ccccc2NC(=O)C2CCCN2C(=O)OC(C)(C)C)c2ccccc12)(C(C)C)C(C)C. The maximum atomic E-state index is 14.1. The van der Waals surface area contributed by atoms with Crippen molar-refractivity contribution in [1.29, 1.82) is 0 Å². The molecule has 2 heterocycles. The summed E-state index contributed by atoms with van der Waals surface area (Å²) in [5, 5.41) is 3.92. The van der Waals surface area contributed by atoms with Crippen LogP contribution in [-0.2, 0) is 20.6 Å². The fourth-order valence-electron chi connectivity index (χ4n) is 6.94. The van der Waals surface area contributed by atoms with E-state index in [9.17, 15) is 14.4 Å². The number of hydrogen-bond acceptors (Lipinski definition) is 5. The molecule has 0 spiro atoms. The highest BCUT2D eigenvalue weighted by Crippen LogP contribution is 2.43. The fourth-order valence-corrected chi connectivity index (χ4v) is 12.3. The molecule has 0 saturated carbocycles. The Balaban J connectivity index is 1.62. The van der Waals surface area contributed by atoms with Gasteiger partial charge in [-0.3, -0.25) is 19.1 Å². The molecule has 1 unspecified atom stereocenters. The van der Waals surface area contributed by atoms with Crippen LogP contribution in [0, 0.1) is 0 Å². The Morgan fingerprint density at radius 1 is 0.932 bits per heavy atom. The minimum absolute atomic E-state index is 0.251. The van der Waals surface area contributed by atoms with Gasteiger partial charge in [-0.25, -0.2) is 4.79 Å². The highest BCUT2D eigenvalue weighted by molar-refractivity contribution is 6.77. The quantitative estimate of drug-likeness (QED) is 0.243. The number of hydrogen-bond donors (Lipinski definition) is 1. The first kappa shape index (κ1) is 33.5. The van der Waals surface area contributed by atoms with Gasteiger partial charge in [-0.2, -0.15) is 0 Å². The van der Waals surface area contributed by atoms with Crippen LogP contribution < -0.4 is 5.32 Å². The van der Waals surface area contributed by atoms with Crippen molar-refractivity contribution in [3.63, 3.8) is 0 Å². The fraction of sp³-hybridized carbons (Fsp3) is 0.514. The molecule has 1 fully saturated rings. The van der Waals surface area contributed by atoms with E-state index in [4.69, 9.17) is 9.16 Å². The number of carbonyl (C=O) groups is 3. The third-order valence-electron chi connectivity index (χ3n) is 8.80. The van der Waals surface area contributed by atoms with Gasteiger partial charge in [-0.05, 0) is 68.4 Å². The van der Waals surface area contributed by atoms with Gasteiger partial charge >= 0.3 is 6.09 Å². The van der Waals surface area contributed by atoms with Gasteiger partial charge in [0.2, 0.25) is 14.2 Å². The third kappa shape index (κ3) is 6.78. The van der Waals surface area contributed by atoms with E-state index in [1.54, 1.807) is 49.6 Å². The summed E-state index contributed by atoms with van der Waals surface area (Å²) < 4.78 is 14.1. The topological polar surface area (TPSA) is 89.9 Å². The Morgan fingerprint density at radius 3 is 2.18 bits per heavy atom. The summed E-state index contributed by atoms with van der Waals surface area (Å²) in [7, 11) is -2.13. The van der Waals surface area contributed by atoms with Crippen LogP contribution in [0.3, 0.4) is 0 Å². The molecule has 2 amide bonds. The number of likely N-dealkylation sites (tertiary alicyclic amines) is 1. The molecule has 3 aromatic rings. The Morgan fingerprint density at radius 2 is 1.55 bits per heavy atom. The lowest BCUT2D eigenvalue weighted by Gasteiger charge is -2.42. The number of ether oxygens (including phenoxy) is 1. The first-order chi connectivity index (χ1) is 20.7. The van der Waals surface area contributed by atoms with Crippen LogP contribution >= 0.6 is 0 Å². The summed E-state index contributed by atoms with van der Waals surface area (Å²) in [5.41, 5.74) is 3.19. The second-order valence-corrected chi connectivity index (χ2v) is 19.3. The number of benzene rings is 2. The largest absolute Gasteiger partial charge is 0.444 e. The van der Waals surface area contributed by atoms with Crippen LogP contribution in [0.2, 0.25) is 16.6 Å². The maximum Gasteiger partial charge on any atom is 0.410 e. The van der Waals surface area contributed by atoms with Gasteiger partial charge < -0.3 is 14.5 Å². The van der Waals surface area contributed by atoms with Crippen LogP contribution in [-0.4, -0.2) is 53.9 Å². The standard InChI is InChI=1S/C35H49N3O5Si/c1-23(2)44(24(3)4,25(5)6)42-22-26-21-38(30-18-13-11-15-27(26)30)33(40)28-16-10-12-17-29(28)36-32(39)31-19-14-20-37(31)34(41)43-35(7,8)9/h10-13,15-18,21,23-25,31H,14,19-20,22H2,1-9H3,(H,36,39). The number of amides is 2. The molecule has 1 aliphatic heterocycles. The summed E-state index contributed by atoms with van der Waals surface area (Å²) in [6.45, 7) is 19.9. The predicted molar refractivity (Wildman–Crippen MR) is 179 cm³/mol. The molecule has 1 N–H and O–H groups in total. The number of fused-ring (bicyclic) bond motifs is 1. The van der Waals surface area contributed by atoms with Crippen molar-refractivity contribution in [3.8, 4) is 0 Å². The minimum Gasteiger partial charge on any atom is -0.444 e. The summed E-state index contributed by atoms with van der Waals surface area (Å²) in [6.07, 6.45) is 2.60. The van der Waals surface area contributed by atoms with Crippen molar-refractivity contribution in [2.75, 3.05) is 11.9 Å². The molecule has 9 heteroatoms. The number of rotatable bonds is 9. The highest BCUT2D eigenvalue weighted by atomic mass is 28.4. The van der Waals surface area contributed by atoms with E-state index in [1.807, 2.05) is 30.5 Å². The molecule has 8 nitrogen and oxygen atoms in total.